The van der Waals surface area contributed by atoms with Gasteiger partial charge in [-0.1, -0.05) is 0 Å². The van der Waals surface area contributed by atoms with E-state index in [4.69, 9.17) is 0 Å². The molecule has 0 unspecified atom stereocenters. The zero-order valence-corrected chi connectivity index (χ0v) is 15.3. The van der Waals surface area contributed by atoms with Crippen LogP contribution in [0.4, 0.5) is 0 Å². The molecule has 0 radical (unpaired) electrons. The van der Waals surface area contributed by atoms with Crippen LogP contribution in [0.25, 0.3) is 0 Å². The SMILES string of the molecule is CN=C(NCCCCN1CCCC1)NC(C)(C)C.I. The molecule has 0 bridgehead atoms. The molecular weight excluding hydrogens is 351 g/mol. The number of likely N-dealkylation sites (tertiary alicyclic amines) is 1. The molecule has 5 heteroatoms. The summed E-state index contributed by atoms with van der Waals surface area (Å²) in [7, 11) is 1.82. The Labute approximate surface area is 135 Å². The second-order valence-electron chi connectivity index (χ2n) is 6.13. The maximum absolute atomic E-state index is 4.23. The number of nitrogens with zero attached hydrogens (tertiary/aromatic N) is 2. The van der Waals surface area contributed by atoms with Gasteiger partial charge >= 0.3 is 0 Å². The second kappa shape index (κ2) is 9.80. The van der Waals surface area contributed by atoms with Crippen LogP contribution in [0.3, 0.4) is 0 Å². The van der Waals surface area contributed by atoms with Crippen LogP contribution in [-0.4, -0.2) is 49.6 Å². The molecule has 0 amide bonds. The fourth-order valence-corrected chi connectivity index (χ4v) is 2.21. The van der Waals surface area contributed by atoms with Crippen molar-refractivity contribution in [3.05, 3.63) is 0 Å². The lowest BCUT2D eigenvalue weighted by molar-refractivity contribution is 0.330. The number of unbranched alkanes of at least 4 members (excludes halogenated alkanes) is 1. The summed E-state index contributed by atoms with van der Waals surface area (Å²) in [6.45, 7) is 11.3. The van der Waals surface area contributed by atoms with Crippen molar-refractivity contribution in [1.29, 1.82) is 0 Å². The molecule has 1 aliphatic rings. The number of hydrogen-bond donors (Lipinski definition) is 2. The predicted molar refractivity (Wildman–Crippen MR) is 94.6 cm³/mol. The lowest BCUT2D eigenvalue weighted by Gasteiger charge is -2.23. The average Bonchev–Trinajstić information content (AvgIpc) is 2.78. The summed E-state index contributed by atoms with van der Waals surface area (Å²) in [6.07, 6.45) is 5.27. The fraction of sp³-hybridized carbons (Fsp3) is 0.929. The number of halogens is 1. The Hall–Kier alpha value is -0.0400. The van der Waals surface area contributed by atoms with E-state index in [0.29, 0.717) is 0 Å². The molecule has 0 aromatic heterocycles. The maximum Gasteiger partial charge on any atom is 0.191 e. The van der Waals surface area contributed by atoms with Gasteiger partial charge in [0, 0.05) is 19.1 Å². The third kappa shape index (κ3) is 9.49. The van der Waals surface area contributed by atoms with E-state index < -0.39 is 0 Å². The molecule has 0 atom stereocenters. The summed E-state index contributed by atoms with van der Waals surface area (Å²) >= 11 is 0. The van der Waals surface area contributed by atoms with Gasteiger partial charge in [0.15, 0.2) is 5.96 Å². The van der Waals surface area contributed by atoms with Crippen molar-refractivity contribution >= 4 is 29.9 Å². The van der Waals surface area contributed by atoms with Crippen LogP contribution in [-0.2, 0) is 0 Å². The van der Waals surface area contributed by atoms with Crippen LogP contribution >= 0.6 is 24.0 Å². The smallest absolute Gasteiger partial charge is 0.191 e. The predicted octanol–water partition coefficient (Wildman–Crippen LogP) is 2.44. The van der Waals surface area contributed by atoms with E-state index in [1.165, 1.54) is 45.3 Å². The number of aliphatic imine (C=N–C) groups is 1. The number of guanidine groups is 1. The van der Waals surface area contributed by atoms with Gasteiger partial charge in [-0.05, 0) is 66.1 Å². The Morgan fingerprint density at radius 2 is 1.79 bits per heavy atom. The van der Waals surface area contributed by atoms with Crippen molar-refractivity contribution in [2.24, 2.45) is 4.99 Å². The highest BCUT2D eigenvalue weighted by Crippen LogP contribution is 2.07. The average molecular weight is 382 g/mol. The minimum absolute atomic E-state index is 0. The quantitative estimate of drug-likeness (QED) is 0.332. The highest BCUT2D eigenvalue weighted by molar-refractivity contribution is 14.0. The maximum atomic E-state index is 4.23. The molecule has 4 nitrogen and oxygen atoms in total. The van der Waals surface area contributed by atoms with Gasteiger partial charge in [-0.2, -0.15) is 0 Å². The lowest BCUT2D eigenvalue weighted by atomic mass is 10.1. The first-order chi connectivity index (χ1) is 8.51. The van der Waals surface area contributed by atoms with Crippen molar-refractivity contribution < 1.29 is 0 Å². The van der Waals surface area contributed by atoms with Gasteiger partial charge in [-0.3, -0.25) is 4.99 Å². The molecule has 1 fully saturated rings. The summed E-state index contributed by atoms with van der Waals surface area (Å²) in [5.74, 6) is 0.906. The van der Waals surface area contributed by atoms with E-state index in [9.17, 15) is 0 Å². The third-order valence-electron chi connectivity index (χ3n) is 3.11. The topological polar surface area (TPSA) is 39.7 Å². The first kappa shape index (κ1) is 19.0. The zero-order valence-electron chi connectivity index (χ0n) is 13.0. The molecule has 1 heterocycles. The van der Waals surface area contributed by atoms with Crippen LogP contribution in [0, 0.1) is 0 Å². The van der Waals surface area contributed by atoms with Crippen molar-refractivity contribution in [3.8, 4) is 0 Å². The number of nitrogens with one attached hydrogen (secondary N) is 2. The molecule has 114 valence electrons. The van der Waals surface area contributed by atoms with Crippen LogP contribution < -0.4 is 10.6 Å². The van der Waals surface area contributed by atoms with Gasteiger partial charge in [-0.15, -0.1) is 24.0 Å². The van der Waals surface area contributed by atoms with Crippen molar-refractivity contribution in [1.82, 2.24) is 15.5 Å². The van der Waals surface area contributed by atoms with E-state index in [1.54, 1.807) is 0 Å². The van der Waals surface area contributed by atoms with Gasteiger partial charge < -0.3 is 15.5 Å². The molecule has 0 saturated carbocycles. The van der Waals surface area contributed by atoms with E-state index in [-0.39, 0.29) is 29.5 Å². The molecule has 1 aliphatic heterocycles. The van der Waals surface area contributed by atoms with E-state index in [2.05, 4.69) is 41.3 Å². The highest BCUT2D eigenvalue weighted by atomic mass is 127. The van der Waals surface area contributed by atoms with E-state index in [0.717, 1.165) is 12.5 Å². The number of hydrogen-bond acceptors (Lipinski definition) is 2. The molecule has 19 heavy (non-hydrogen) atoms. The van der Waals surface area contributed by atoms with Gasteiger partial charge in [-0.25, -0.2) is 0 Å². The molecule has 0 aliphatic carbocycles. The minimum atomic E-state index is 0. The Bertz CT molecular complexity index is 255. The summed E-state index contributed by atoms with van der Waals surface area (Å²) < 4.78 is 0. The monoisotopic (exact) mass is 382 g/mol. The second-order valence-corrected chi connectivity index (χ2v) is 6.13. The van der Waals surface area contributed by atoms with E-state index >= 15 is 0 Å². The molecule has 0 spiro atoms. The first-order valence-corrected chi connectivity index (χ1v) is 7.22. The van der Waals surface area contributed by atoms with Crippen LogP contribution in [0.15, 0.2) is 4.99 Å². The Kier molecular flexibility index (Phi) is 9.78. The van der Waals surface area contributed by atoms with E-state index in [1.807, 2.05) is 7.05 Å². The Morgan fingerprint density at radius 3 is 2.32 bits per heavy atom. The summed E-state index contributed by atoms with van der Waals surface area (Å²) in [4.78, 5) is 6.80. The lowest BCUT2D eigenvalue weighted by Crippen LogP contribution is -2.47. The largest absolute Gasteiger partial charge is 0.356 e. The molecule has 0 aromatic rings. The molecule has 2 N–H and O–H groups in total. The first-order valence-electron chi connectivity index (χ1n) is 7.22. The van der Waals surface area contributed by atoms with Crippen LogP contribution in [0.5, 0.6) is 0 Å². The molecular formula is C14H31IN4. The summed E-state index contributed by atoms with van der Waals surface area (Å²) in [5, 5.41) is 6.74. The van der Waals surface area contributed by atoms with Gasteiger partial charge in [0.2, 0.25) is 0 Å². The molecule has 1 rings (SSSR count). The summed E-state index contributed by atoms with van der Waals surface area (Å²) in [6, 6.07) is 0. The minimum Gasteiger partial charge on any atom is -0.356 e. The standard InChI is InChI=1S/C14H30N4.HI/c1-14(2,3)17-13(15-4)16-9-5-6-10-18-11-7-8-12-18;/h5-12H2,1-4H3,(H2,15,16,17);1H. The van der Waals surface area contributed by atoms with Gasteiger partial charge in [0.25, 0.3) is 0 Å². The third-order valence-corrected chi connectivity index (χ3v) is 3.11. The van der Waals surface area contributed by atoms with Crippen molar-refractivity contribution in [2.75, 3.05) is 33.2 Å². The van der Waals surface area contributed by atoms with Crippen molar-refractivity contribution in [2.45, 2.75) is 52.0 Å². The Balaban J connectivity index is 0.00000324. The van der Waals surface area contributed by atoms with Crippen LogP contribution in [0.1, 0.15) is 46.5 Å². The highest BCUT2D eigenvalue weighted by Gasteiger charge is 2.12. The van der Waals surface area contributed by atoms with Crippen molar-refractivity contribution in [3.63, 3.8) is 0 Å². The van der Waals surface area contributed by atoms with Crippen LogP contribution in [0.2, 0.25) is 0 Å². The normalized spacial score (nSPS) is 17.2. The number of rotatable bonds is 5. The van der Waals surface area contributed by atoms with Gasteiger partial charge in [0.05, 0.1) is 0 Å². The van der Waals surface area contributed by atoms with Gasteiger partial charge in [0.1, 0.15) is 0 Å². The fourth-order valence-electron chi connectivity index (χ4n) is 2.21. The Morgan fingerprint density at radius 1 is 1.16 bits per heavy atom. The summed E-state index contributed by atoms with van der Waals surface area (Å²) in [5.41, 5.74) is 0.0669. The zero-order chi connectivity index (χ0) is 13.4. The molecule has 0 aromatic carbocycles. The molecule has 1 saturated heterocycles.